The van der Waals surface area contributed by atoms with E-state index in [2.05, 4.69) is 0 Å². The molecule has 4 nitrogen and oxygen atoms in total. The van der Waals surface area contributed by atoms with Crippen LogP contribution in [0.25, 0.3) is 0 Å². The molecule has 0 aromatic rings. The third-order valence-corrected chi connectivity index (χ3v) is 1.32. The van der Waals surface area contributed by atoms with Crippen LogP contribution in [0.2, 0.25) is 0 Å². The van der Waals surface area contributed by atoms with E-state index in [1.807, 2.05) is 0 Å². The lowest BCUT2D eigenvalue weighted by Crippen LogP contribution is -2.24. The van der Waals surface area contributed by atoms with E-state index in [9.17, 15) is 4.79 Å². The van der Waals surface area contributed by atoms with Crippen LogP contribution in [0.5, 0.6) is 0 Å². The van der Waals surface area contributed by atoms with Crippen LogP contribution in [-0.2, 0) is 4.74 Å². The average Bonchev–Trinajstić information content (AvgIpc) is 2.13. The number of hydrogen-bond donors (Lipinski definition) is 1. The average molecular weight is 130 g/mol. The number of carbonyl (C=O) groups excluding carboxylic acids is 1. The molecule has 1 rings (SSSR count). The molecule has 0 bridgehead atoms. The fraction of sp³-hybridized carbons (Fsp3) is 0.800. The summed E-state index contributed by atoms with van der Waals surface area (Å²) in [4.78, 5) is 12.1. The van der Waals surface area contributed by atoms with E-state index in [-0.39, 0.29) is 12.2 Å². The molecule has 0 spiro atoms. The molecule has 1 atom stereocenters. The first-order valence-electron chi connectivity index (χ1n) is 2.86. The fourth-order valence-electron chi connectivity index (χ4n) is 0.772. The minimum atomic E-state index is -0.273. The van der Waals surface area contributed by atoms with Gasteiger partial charge in [-0.05, 0) is 0 Å². The lowest BCUT2D eigenvalue weighted by atomic mass is 10.4. The van der Waals surface area contributed by atoms with Gasteiger partial charge in [-0.1, -0.05) is 0 Å². The van der Waals surface area contributed by atoms with Crippen LogP contribution in [0.1, 0.15) is 0 Å². The number of nitrogens with zero attached hydrogens (tertiary/aromatic N) is 1. The van der Waals surface area contributed by atoms with Gasteiger partial charge in [-0.3, -0.25) is 0 Å². The Hall–Kier alpha value is -0.770. The summed E-state index contributed by atoms with van der Waals surface area (Å²) in [6, 6.07) is 0. The number of cyclic esters (lactones) is 1. The molecule has 0 aromatic heterocycles. The molecule has 4 heteroatoms. The normalized spacial score (nSPS) is 26.7. The Labute approximate surface area is 53.6 Å². The summed E-state index contributed by atoms with van der Waals surface area (Å²) in [5, 5.41) is 0. The Kier molecular flexibility index (Phi) is 1.57. The first kappa shape index (κ1) is 6.35. The van der Waals surface area contributed by atoms with Gasteiger partial charge in [0.05, 0.1) is 6.54 Å². The van der Waals surface area contributed by atoms with Gasteiger partial charge in [-0.15, -0.1) is 0 Å². The van der Waals surface area contributed by atoms with Crippen molar-refractivity contribution >= 4 is 6.09 Å². The Morgan fingerprint density at radius 3 is 2.89 bits per heavy atom. The molecule has 1 fully saturated rings. The van der Waals surface area contributed by atoms with Crippen molar-refractivity contribution in [3.05, 3.63) is 0 Å². The molecule has 2 N–H and O–H groups in total. The molecule has 0 aliphatic carbocycles. The third-order valence-electron chi connectivity index (χ3n) is 1.32. The number of hydrogen-bond acceptors (Lipinski definition) is 3. The number of ether oxygens (including phenoxy) is 1. The Balaban J connectivity index is 2.44. The Morgan fingerprint density at radius 2 is 2.67 bits per heavy atom. The molecule has 1 aliphatic heterocycles. The van der Waals surface area contributed by atoms with Crippen LogP contribution in [0.4, 0.5) is 4.79 Å². The number of likely N-dealkylation sites (N-methyl/N-ethyl adjacent to an activating group) is 1. The maximum atomic E-state index is 10.6. The molecule has 1 heterocycles. The van der Waals surface area contributed by atoms with Crippen LogP contribution in [0.3, 0.4) is 0 Å². The second-order valence-corrected chi connectivity index (χ2v) is 2.12. The molecule has 52 valence electrons. The van der Waals surface area contributed by atoms with E-state index in [1.54, 1.807) is 7.05 Å². The lowest BCUT2D eigenvalue weighted by molar-refractivity contribution is 0.137. The van der Waals surface area contributed by atoms with Gasteiger partial charge in [0.2, 0.25) is 0 Å². The zero-order valence-electron chi connectivity index (χ0n) is 5.33. The van der Waals surface area contributed by atoms with Crippen LogP contribution in [-0.4, -0.2) is 37.2 Å². The van der Waals surface area contributed by atoms with Crippen molar-refractivity contribution in [3.63, 3.8) is 0 Å². The smallest absolute Gasteiger partial charge is 0.410 e. The molecule has 0 aromatic carbocycles. The summed E-state index contributed by atoms with van der Waals surface area (Å²) >= 11 is 0. The molecule has 0 radical (unpaired) electrons. The highest BCUT2D eigenvalue weighted by atomic mass is 16.6. The minimum absolute atomic E-state index is 0.0949. The van der Waals surface area contributed by atoms with Gasteiger partial charge in [0.25, 0.3) is 0 Å². The summed E-state index contributed by atoms with van der Waals surface area (Å²) in [6.45, 7) is 1.03. The predicted molar refractivity (Wildman–Crippen MR) is 32.0 cm³/mol. The van der Waals surface area contributed by atoms with Crippen LogP contribution in [0.15, 0.2) is 0 Å². The number of carbonyl (C=O) groups is 1. The third kappa shape index (κ3) is 1.13. The van der Waals surface area contributed by atoms with E-state index in [4.69, 9.17) is 10.5 Å². The Bertz CT molecular complexity index is 126. The molecule has 1 saturated heterocycles. The zero-order valence-corrected chi connectivity index (χ0v) is 5.33. The van der Waals surface area contributed by atoms with Gasteiger partial charge in [-0.2, -0.15) is 0 Å². The van der Waals surface area contributed by atoms with Crippen molar-refractivity contribution in [2.75, 3.05) is 20.1 Å². The highest BCUT2D eigenvalue weighted by Gasteiger charge is 2.26. The summed E-state index contributed by atoms with van der Waals surface area (Å²) in [6.07, 6.45) is -0.368. The van der Waals surface area contributed by atoms with Gasteiger partial charge in [0.1, 0.15) is 6.10 Å². The lowest BCUT2D eigenvalue weighted by Gasteiger charge is -2.01. The first-order chi connectivity index (χ1) is 4.24. The van der Waals surface area contributed by atoms with Gasteiger partial charge >= 0.3 is 6.09 Å². The largest absolute Gasteiger partial charge is 0.443 e. The van der Waals surface area contributed by atoms with Crippen molar-refractivity contribution in [2.45, 2.75) is 6.10 Å². The topological polar surface area (TPSA) is 55.6 Å². The van der Waals surface area contributed by atoms with Crippen molar-refractivity contribution in [1.29, 1.82) is 0 Å². The Morgan fingerprint density at radius 1 is 2.00 bits per heavy atom. The summed E-state index contributed by atoms with van der Waals surface area (Å²) in [5.74, 6) is 0. The number of rotatable bonds is 1. The fourth-order valence-corrected chi connectivity index (χ4v) is 0.772. The second kappa shape index (κ2) is 2.23. The second-order valence-electron chi connectivity index (χ2n) is 2.12. The van der Waals surface area contributed by atoms with Crippen LogP contribution in [0, 0.1) is 0 Å². The van der Waals surface area contributed by atoms with Gasteiger partial charge in [0.15, 0.2) is 0 Å². The molecule has 1 aliphatic rings. The molecular formula is C5H10N2O2. The number of amides is 1. The number of nitrogens with two attached hydrogens (primary N) is 1. The highest BCUT2D eigenvalue weighted by Crippen LogP contribution is 2.06. The SMILES string of the molecule is CN1C[C@@H](CN)OC1=O. The van der Waals surface area contributed by atoms with E-state index in [1.165, 1.54) is 4.90 Å². The monoisotopic (exact) mass is 130 g/mol. The quantitative estimate of drug-likeness (QED) is 0.515. The summed E-state index contributed by atoms with van der Waals surface area (Å²) in [7, 11) is 1.69. The maximum absolute atomic E-state index is 10.6. The molecule has 0 saturated carbocycles. The molecule has 1 amide bonds. The van der Waals surface area contributed by atoms with E-state index in [0.717, 1.165) is 0 Å². The van der Waals surface area contributed by atoms with Crippen molar-refractivity contribution in [2.24, 2.45) is 5.73 Å². The van der Waals surface area contributed by atoms with Crippen molar-refractivity contribution in [3.8, 4) is 0 Å². The molecule has 0 unspecified atom stereocenters. The van der Waals surface area contributed by atoms with Crippen molar-refractivity contribution in [1.82, 2.24) is 4.90 Å². The van der Waals surface area contributed by atoms with Crippen LogP contribution < -0.4 is 5.73 Å². The van der Waals surface area contributed by atoms with Gasteiger partial charge in [-0.25, -0.2) is 4.79 Å². The van der Waals surface area contributed by atoms with Gasteiger partial charge < -0.3 is 15.4 Å². The predicted octanol–water partition coefficient (Wildman–Crippen LogP) is -0.604. The van der Waals surface area contributed by atoms with E-state index in [0.29, 0.717) is 13.1 Å². The van der Waals surface area contributed by atoms with E-state index >= 15 is 0 Å². The molecule has 9 heavy (non-hydrogen) atoms. The highest BCUT2D eigenvalue weighted by molar-refractivity contribution is 5.69. The summed E-state index contributed by atoms with van der Waals surface area (Å²) in [5.41, 5.74) is 5.25. The standard InChI is InChI=1S/C5H10N2O2/c1-7-3-4(2-6)9-5(7)8/h4H,2-3,6H2,1H3/t4-/m1/s1. The van der Waals surface area contributed by atoms with E-state index < -0.39 is 0 Å². The van der Waals surface area contributed by atoms with Gasteiger partial charge in [0, 0.05) is 13.6 Å². The van der Waals surface area contributed by atoms with Crippen LogP contribution >= 0.6 is 0 Å². The zero-order chi connectivity index (χ0) is 6.85. The molecular weight excluding hydrogens is 120 g/mol. The maximum Gasteiger partial charge on any atom is 0.410 e. The van der Waals surface area contributed by atoms with Crippen molar-refractivity contribution < 1.29 is 9.53 Å². The summed E-state index contributed by atoms with van der Waals surface area (Å²) < 4.78 is 4.78. The minimum Gasteiger partial charge on any atom is -0.443 e. The first-order valence-corrected chi connectivity index (χ1v) is 2.86.